The molecule has 2 aromatic rings. The zero-order valence-corrected chi connectivity index (χ0v) is 26.1. The third-order valence-corrected chi connectivity index (χ3v) is 11.3. The summed E-state index contributed by atoms with van der Waals surface area (Å²) in [5.41, 5.74) is 3.69. The van der Waals surface area contributed by atoms with Crippen molar-refractivity contribution in [2.45, 2.75) is 83.0 Å². The maximum Gasteiger partial charge on any atom is 0.243 e. The Morgan fingerprint density at radius 3 is 2.27 bits per heavy atom. The van der Waals surface area contributed by atoms with Gasteiger partial charge in [0.15, 0.2) is 0 Å². The van der Waals surface area contributed by atoms with Crippen LogP contribution >= 0.6 is 11.6 Å². The van der Waals surface area contributed by atoms with Crippen LogP contribution in [0.5, 0.6) is 5.75 Å². The first-order valence-electron chi connectivity index (χ1n) is 14.7. The van der Waals surface area contributed by atoms with Gasteiger partial charge < -0.3 is 9.64 Å². The van der Waals surface area contributed by atoms with Crippen LogP contribution in [0.4, 0.5) is 5.69 Å². The number of carbonyl (C=O) groups is 1. The summed E-state index contributed by atoms with van der Waals surface area (Å²) >= 11 is 6.71. The van der Waals surface area contributed by atoms with Crippen molar-refractivity contribution in [2.75, 3.05) is 38.7 Å². The first-order valence-corrected chi connectivity index (χ1v) is 16.6. The van der Waals surface area contributed by atoms with Crippen LogP contribution < -0.4 is 9.64 Å². The van der Waals surface area contributed by atoms with Crippen molar-refractivity contribution in [1.82, 2.24) is 4.31 Å². The number of aryl methyl sites for hydroxylation is 3. The minimum Gasteiger partial charge on any atom is -0.497 e. The van der Waals surface area contributed by atoms with Crippen LogP contribution in [0.2, 0.25) is 5.02 Å². The van der Waals surface area contributed by atoms with Crippen molar-refractivity contribution >= 4 is 33.1 Å². The van der Waals surface area contributed by atoms with Crippen molar-refractivity contribution in [1.29, 1.82) is 0 Å². The van der Waals surface area contributed by atoms with Gasteiger partial charge in [0.05, 0.1) is 22.7 Å². The summed E-state index contributed by atoms with van der Waals surface area (Å²) in [4.78, 5) is 15.4. The molecule has 0 spiro atoms. The van der Waals surface area contributed by atoms with E-state index in [1.54, 1.807) is 40.1 Å². The Morgan fingerprint density at radius 2 is 1.68 bits per heavy atom. The quantitative estimate of drug-likeness (QED) is 0.268. The predicted molar refractivity (Wildman–Crippen MR) is 163 cm³/mol. The van der Waals surface area contributed by atoms with Crippen molar-refractivity contribution < 1.29 is 17.9 Å². The molecule has 2 aliphatic rings. The van der Waals surface area contributed by atoms with Crippen LogP contribution in [0.1, 0.15) is 74.5 Å². The standard InChI is InChI=1S/C32H45ClN2O4S/c1-23-19-29(39-4)20-24(2)32(23)40(37,38)34(3)16-15-28(36)21-27-13-17-35(18-14-27)31-12-11-26(22-30(31)33)10-9-25-7-5-6-8-25/h11-12,19-20,22,25,27H,5-10,13-18,21H2,1-4H3. The number of anilines is 1. The topological polar surface area (TPSA) is 66.9 Å². The minimum absolute atomic E-state index is 0.119. The molecule has 0 radical (unpaired) electrons. The molecule has 6 nitrogen and oxygen atoms in total. The lowest BCUT2D eigenvalue weighted by Gasteiger charge is -2.34. The minimum atomic E-state index is -3.70. The van der Waals surface area contributed by atoms with Crippen LogP contribution in [-0.2, 0) is 21.2 Å². The lowest BCUT2D eigenvalue weighted by molar-refractivity contribution is -0.120. The molecule has 0 unspecified atom stereocenters. The van der Waals surface area contributed by atoms with E-state index in [1.807, 2.05) is 0 Å². The van der Waals surface area contributed by atoms with E-state index in [0.29, 0.717) is 29.2 Å². The number of rotatable bonds is 12. The van der Waals surface area contributed by atoms with Crippen LogP contribution in [0.15, 0.2) is 35.2 Å². The molecule has 0 amide bonds. The fourth-order valence-corrected chi connectivity index (χ4v) is 8.33. The zero-order chi connectivity index (χ0) is 28.9. The molecule has 1 saturated heterocycles. The van der Waals surface area contributed by atoms with Gasteiger partial charge in [-0.1, -0.05) is 43.4 Å². The SMILES string of the molecule is COc1cc(C)c(S(=O)(=O)N(C)CCC(=O)CC2CCN(c3ccc(CCC4CCCC4)cc3Cl)CC2)c(C)c1. The van der Waals surface area contributed by atoms with Gasteiger partial charge in [-0.2, -0.15) is 0 Å². The number of piperidine rings is 1. The number of sulfonamides is 1. The highest BCUT2D eigenvalue weighted by atomic mass is 35.5. The third kappa shape index (κ3) is 7.59. The summed E-state index contributed by atoms with van der Waals surface area (Å²) in [7, 11) is -0.588. The number of halogens is 1. The maximum absolute atomic E-state index is 13.2. The van der Waals surface area contributed by atoms with Crippen molar-refractivity contribution in [2.24, 2.45) is 11.8 Å². The van der Waals surface area contributed by atoms with Gasteiger partial charge in [0, 0.05) is 39.5 Å². The number of Topliss-reactive ketones (excluding diaryl/α,β-unsaturated/α-hetero) is 1. The Kier molecular flexibility index (Phi) is 10.6. The van der Waals surface area contributed by atoms with Crippen molar-refractivity contribution in [3.8, 4) is 5.75 Å². The number of hydrogen-bond acceptors (Lipinski definition) is 5. The molecule has 40 heavy (non-hydrogen) atoms. The van der Waals surface area contributed by atoms with Crippen LogP contribution in [-0.4, -0.2) is 52.3 Å². The summed E-state index contributed by atoms with van der Waals surface area (Å²) in [5.74, 6) is 1.95. The Balaban J connectivity index is 1.23. The number of nitrogens with zero attached hydrogens (tertiary/aromatic N) is 2. The molecule has 0 bridgehead atoms. The van der Waals surface area contributed by atoms with E-state index in [1.165, 1.54) is 42.0 Å². The van der Waals surface area contributed by atoms with Gasteiger partial charge in [0.25, 0.3) is 0 Å². The average molecular weight is 589 g/mol. The smallest absolute Gasteiger partial charge is 0.243 e. The van der Waals surface area contributed by atoms with Crippen molar-refractivity contribution in [3.05, 3.63) is 52.0 Å². The van der Waals surface area contributed by atoms with Gasteiger partial charge in [-0.25, -0.2) is 12.7 Å². The fraction of sp³-hybridized carbons (Fsp3) is 0.594. The Hall–Kier alpha value is -2.09. The Bertz CT molecular complexity index is 1260. The van der Waals surface area contributed by atoms with Gasteiger partial charge in [-0.05, 0) is 92.3 Å². The molecule has 1 heterocycles. The number of hydrogen-bond donors (Lipinski definition) is 0. The first-order chi connectivity index (χ1) is 19.1. The van der Waals surface area contributed by atoms with Gasteiger partial charge in [-0.3, -0.25) is 4.79 Å². The molecule has 0 atom stereocenters. The second-order valence-electron chi connectivity index (χ2n) is 11.8. The van der Waals surface area contributed by atoms with Crippen LogP contribution in [0.3, 0.4) is 0 Å². The number of benzene rings is 2. The normalized spacial score (nSPS) is 17.1. The number of carbonyl (C=O) groups excluding carboxylic acids is 1. The molecule has 8 heteroatoms. The van der Waals surface area contributed by atoms with Gasteiger partial charge in [-0.15, -0.1) is 0 Å². The zero-order valence-electron chi connectivity index (χ0n) is 24.5. The number of methoxy groups -OCH3 is 1. The van der Waals surface area contributed by atoms with Gasteiger partial charge in [0.2, 0.25) is 10.0 Å². The van der Waals surface area contributed by atoms with Crippen LogP contribution in [0, 0.1) is 25.7 Å². The maximum atomic E-state index is 13.2. The molecule has 1 aliphatic carbocycles. The highest BCUT2D eigenvalue weighted by Gasteiger charge is 2.27. The predicted octanol–water partition coefficient (Wildman–Crippen LogP) is 6.97. The molecule has 1 aliphatic heterocycles. The molecule has 2 fully saturated rings. The highest BCUT2D eigenvalue weighted by molar-refractivity contribution is 7.89. The van der Waals surface area contributed by atoms with E-state index in [-0.39, 0.29) is 23.6 Å². The van der Waals surface area contributed by atoms with E-state index in [4.69, 9.17) is 16.3 Å². The summed E-state index contributed by atoms with van der Waals surface area (Å²) in [6, 6.07) is 9.99. The largest absolute Gasteiger partial charge is 0.497 e. The summed E-state index contributed by atoms with van der Waals surface area (Å²) in [6.07, 6.45) is 10.5. The molecule has 0 aromatic heterocycles. The van der Waals surface area contributed by atoms with Crippen molar-refractivity contribution in [3.63, 3.8) is 0 Å². The summed E-state index contributed by atoms with van der Waals surface area (Å²) in [5, 5.41) is 0.824. The monoisotopic (exact) mass is 588 g/mol. The second-order valence-corrected chi connectivity index (χ2v) is 14.2. The van der Waals surface area contributed by atoms with E-state index in [0.717, 1.165) is 49.0 Å². The van der Waals surface area contributed by atoms with E-state index in [2.05, 4.69) is 23.1 Å². The van der Waals surface area contributed by atoms with Gasteiger partial charge in [0.1, 0.15) is 11.5 Å². The first kappa shape index (κ1) is 30.9. The van der Waals surface area contributed by atoms with E-state index < -0.39 is 10.0 Å². The second kappa shape index (κ2) is 13.7. The molecule has 4 rings (SSSR count). The lowest BCUT2D eigenvalue weighted by atomic mass is 9.90. The Morgan fingerprint density at radius 1 is 1.02 bits per heavy atom. The highest BCUT2D eigenvalue weighted by Crippen LogP contribution is 2.34. The molecule has 0 N–H and O–H groups in total. The van der Waals surface area contributed by atoms with E-state index in [9.17, 15) is 13.2 Å². The van der Waals surface area contributed by atoms with Crippen LogP contribution in [0.25, 0.3) is 0 Å². The number of ketones is 1. The van der Waals surface area contributed by atoms with E-state index >= 15 is 0 Å². The molecular weight excluding hydrogens is 544 g/mol. The Labute approximate surface area is 246 Å². The van der Waals surface area contributed by atoms with Gasteiger partial charge >= 0.3 is 0 Å². The summed E-state index contributed by atoms with van der Waals surface area (Å²) < 4.78 is 33.1. The third-order valence-electron chi connectivity index (χ3n) is 8.84. The average Bonchev–Trinajstić information content (AvgIpc) is 3.44. The number of ether oxygens (including phenoxy) is 1. The molecule has 1 saturated carbocycles. The molecular formula is C32H45ClN2O4S. The molecule has 2 aromatic carbocycles. The molecule has 220 valence electrons. The summed E-state index contributed by atoms with van der Waals surface area (Å²) in [6.45, 7) is 5.47. The fourth-order valence-electron chi connectivity index (χ4n) is 6.43. The lowest BCUT2D eigenvalue weighted by Crippen LogP contribution is -2.35.